The van der Waals surface area contributed by atoms with Crippen molar-refractivity contribution in [2.45, 2.75) is 19.5 Å². The summed E-state index contributed by atoms with van der Waals surface area (Å²) in [5.74, 6) is -0.479. The number of amides is 1. The number of nitrogens with one attached hydrogen (secondary N) is 1. The van der Waals surface area contributed by atoms with E-state index in [0.29, 0.717) is 17.8 Å². The minimum Gasteiger partial charge on any atom is -0.324 e. The molecule has 0 aliphatic carbocycles. The van der Waals surface area contributed by atoms with Crippen LogP contribution in [-0.2, 0) is 11.3 Å². The third-order valence-electron chi connectivity index (χ3n) is 3.69. The predicted molar refractivity (Wildman–Crippen MR) is 87.1 cm³/mol. The van der Waals surface area contributed by atoms with Gasteiger partial charge in [0.05, 0.1) is 17.3 Å². The number of benzene rings is 2. The van der Waals surface area contributed by atoms with Crippen molar-refractivity contribution < 1.29 is 9.18 Å². The minimum atomic E-state index is -0.396. The molecule has 0 aliphatic rings. The van der Waals surface area contributed by atoms with E-state index in [-0.39, 0.29) is 11.7 Å². The molecule has 0 saturated heterocycles. The number of para-hydroxylation sites is 1. The molecule has 2 rings (SSSR count). The first-order valence-corrected chi connectivity index (χ1v) is 7.26. The van der Waals surface area contributed by atoms with Gasteiger partial charge in [-0.3, -0.25) is 9.69 Å². The Labute approximate surface area is 135 Å². The fraction of sp³-hybridized carbons (Fsp3) is 0.222. The number of anilines is 1. The summed E-state index contributed by atoms with van der Waals surface area (Å²) < 4.78 is 12.9. The number of likely N-dealkylation sites (N-methyl/N-ethyl adjacent to an activating group) is 1. The number of carbonyl (C=O) groups excluding carboxylic acids is 1. The van der Waals surface area contributed by atoms with Crippen molar-refractivity contribution >= 4 is 11.6 Å². The van der Waals surface area contributed by atoms with E-state index in [1.165, 1.54) is 12.1 Å². The lowest BCUT2D eigenvalue weighted by Gasteiger charge is -2.24. The number of nitriles is 1. The highest BCUT2D eigenvalue weighted by atomic mass is 19.1. The van der Waals surface area contributed by atoms with Crippen LogP contribution in [0.5, 0.6) is 0 Å². The van der Waals surface area contributed by atoms with E-state index in [2.05, 4.69) is 11.4 Å². The van der Waals surface area contributed by atoms with Gasteiger partial charge in [0.25, 0.3) is 0 Å². The Kier molecular flexibility index (Phi) is 5.45. The van der Waals surface area contributed by atoms with Gasteiger partial charge in [-0.05, 0) is 43.8 Å². The van der Waals surface area contributed by atoms with Crippen molar-refractivity contribution in [3.63, 3.8) is 0 Å². The monoisotopic (exact) mass is 311 g/mol. The van der Waals surface area contributed by atoms with E-state index >= 15 is 0 Å². The molecule has 0 heterocycles. The summed E-state index contributed by atoms with van der Waals surface area (Å²) in [7, 11) is 1.82. The molecule has 1 N–H and O–H groups in total. The summed E-state index contributed by atoms with van der Waals surface area (Å²) in [5.41, 5.74) is 1.85. The highest BCUT2D eigenvalue weighted by Gasteiger charge is 2.19. The Morgan fingerprint density at radius 1 is 1.26 bits per heavy atom. The lowest BCUT2D eigenvalue weighted by molar-refractivity contribution is -0.120. The van der Waals surface area contributed by atoms with Crippen molar-refractivity contribution in [1.82, 2.24) is 4.90 Å². The molecule has 0 aromatic heterocycles. The molecule has 0 spiro atoms. The Morgan fingerprint density at radius 2 is 1.91 bits per heavy atom. The molecular formula is C18H18FN3O. The molecule has 23 heavy (non-hydrogen) atoms. The van der Waals surface area contributed by atoms with Crippen molar-refractivity contribution in [2.24, 2.45) is 0 Å². The summed E-state index contributed by atoms with van der Waals surface area (Å²) >= 11 is 0. The van der Waals surface area contributed by atoms with E-state index < -0.39 is 6.04 Å². The molecule has 0 aliphatic heterocycles. The normalized spacial score (nSPS) is 11.8. The fourth-order valence-electron chi connectivity index (χ4n) is 2.14. The standard InChI is InChI=1S/C18H18FN3O/c1-13(22(2)12-14-7-9-16(19)10-8-14)18(23)21-17-6-4-3-5-15(17)11-20/h3-10,13H,12H2,1-2H3,(H,21,23)/t13-/m0/s1. The van der Waals surface area contributed by atoms with E-state index in [0.717, 1.165) is 5.56 Å². The van der Waals surface area contributed by atoms with Crippen molar-refractivity contribution in [1.29, 1.82) is 5.26 Å². The van der Waals surface area contributed by atoms with E-state index in [1.54, 1.807) is 43.3 Å². The van der Waals surface area contributed by atoms with Crippen LogP contribution in [0.25, 0.3) is 0 Å². The fourth-order valence-corrected chi connectivity index (χ4v) is 2.14. The van der Waals surface area contributed by atoms with Gasteiger partial charge in [-0.25, -0.2) is 4.39 Å². The summed E-state index contributed by atoms with van der Waals surface area (Å²) in [6.45, 7) is 2.31. The van der Waals surface area contributed by atoms with Crippen LogP contribution in [0.15, 0.2) is 48.5 Å². The van der Waals surface area contributed by atoms with Crippen LogP contribution in [0, 0.1) is 17.1 Å². The summed E-state index contributed by atoms with van der Waals surface area (Å²) in [6.07, 6.45) is 0. The van der Waals surface area contributed by atoms with E-state index in [4.69, 9.17) is 5.26 Å². The zero-order valence-electron chi connectivity index (χ0n) is 13.1. The lowest BCUT2D eigenvalue weighted by atomic mass is 10.1. The second-order valence-corrected chi connectivity index (χ2v) is 5.36. The molecule has 1 amide bonds. The van der Waals surface area contributed by atoms with Gasteiger partial charge in [-0.2, -0.15) is 5.26 Å². The Hall–Kier alpha value is -2.71. The van der Waals surface area contributed by atoms with Crippen LogP contribution in [-0.4, -0.2) is 23.9 Å². The largest absolute Gasteiger partial charge is 0.324 e. The number of rotatable bonds is 5. The van der Waals surface area contributed by atoms with Gasteiger partial charge in [0.2, 0.25) is 5.91 Å². The predicted octanol–water partition coefficient (Wildman–Crippen LogP) is 3.16. The van der Waals surface area contributed by atoms with Gasteiger partial charge in [0, 0.05) is 6.54 Å². The second kappa shape index (κ2) is 7.52. The van der Waals surface area contributed by atoms with Crippen molar-refractivity contribution in [2.75, 3.05) is 12.4 Å². The molecule has 5 heteroatoms. The van der Waals surface area contributed by atoms with Gasteiger partial charge in [0.15, 0.2) is 0 Å². The maximum atomic E-state index is 12.9. The zero-order valence-corrected chi connectivity index (χ0v) is 13.1. The first-order valence-electron chi connectivity index (χ1n) is 7.26. The highest BCUT2D eigenvalue weighted by Crippen LogP contribution is 2.15. The summed E-state index contributed by atoms with van der Waals surface area (Å²) in [5, 5.41) is 11.8. The molecule has 0 fully saturated rings. The Morgan fingerprint density at radius 3 is 2.57 bits per heavy atom. The van der Waals surface area contributed by atoms with E-state index in [9.17, 15) is 9.18 Å². The molecule has 0 saturated carbocycles. The van der Waals surface area contributed by atoms with Gasteiger partial charge >= 0.3 is 0 Å². The Bertz CT molecular complexity index is 722. The third kappa shape index (κ3) is 4.38. The van der Waals surface area contributed by atoms with Crippen LogP contribution >= 0.6 is 0 Å². The van der Waals surface area contributed by atoms with Gasteiger partial charge in [-0.1, -0.05) is 24.3 Å². The summed E-state index contributed by atoms with van der Waals surface area (Å²) in [6, 6.07) is 14.7. The lowest BCUT2D eigenvalue weighted by Crippen LogP contribution is -2.39. The smallest absolute Gasteiger partial charge is 0.241 e. The molecule has 118 valence electrons. The number of hydrogen-bond acceptors (Lipinski definition) is 3. The number of hydrogen-bond donors (Lipinski definition) is 1. The second-order valence-electron chi connectivity index (χ2n) is 5.36. The van der Waals surface area contributed by atoms with Gasteiger partial charge in [0.1, 0.15) is 11.9 Å². The molecule has 0 radical (unpaired) electrons. The third-order valence-corrected chi connectivity index (χ3v) is 3.69. The first kappa shape index (κ1) is 16.7. The van der Waals surface area contributed by atoms with Gasteiger partial charge in [-0.15, -0.1) is 0 Å². The van der Waals surface area contributed by atoms with Crippen molar-refractivity contribution in [3.05, 3.63) is 65.5 Å². The van der Waals surface area contributed by atoms with Crippen LogP contribution in [0.1, 0.15) is 18.1 Å². The number of halogens is 1. The van der Waals surface area contributed by atoms with Crippen molar-refractivity contribution in [3.8, 4) is 6.07 Å². The summed E-state index contributed by atoms with van der Waals surface area (Å²) in [4.78, 5) is 14.2. The number of carbonyl (C=O) groups is 1. The highest BCUT2D eigenvalue weighted by molar-refractivity contribution is 5.95. The minimum absolute atomic E-state index is 0.197. The quantitative estimate of drug-likeness (QED) is 0.923. The molecule has 0 bridgehead atoms. The molecule has 0 unspecified atom stereocenters. The Balaban J connectivity index is 2.01. The van der Waals surface area contributed by atoms with Crippen LogP contribution in [0.4, 0.5) is 10.1 Å². The van der Waals surface area contributed by atoms with E-state index in [1.807, 2.05) is 11.9 Å². The van der Waals surface area contributed by atoms with Gasteiger partial charge < -0.3 is 5.32 Å². The topological polar surface area (TPSA) is 56.1 Å². The first-order chi connectivity index (χ1) is 11.0. The average molecular weight is 311 g/mol. The molecule has 4 nitrogen and oxygen atoms in total. The average Bonchev–Trinajstić information content (AvgIpc) is 2.56. The van der Waals surface area contributed by atoms with Crippen LogP contribution in [0.2, 0.25) is 0 Å². The van der Waals surface area contributed by atoms with Crippen LogP contribution < -0.4 is 5.32 Å². The molecule has 2 aromatic rings. The maximum absolute atomic E-state index is 12.9. The molecular weight excluding hydrogens is 293 g/mol. The zero-order chi connectivity index (χ0) is 16.8. The SMILES string of the molecule is C[C@@H](C(=O)Nc1ccccc1C#N)N(C)Cc1ccc(F)cc1. The molecule has 2 aromatic carbocycles. The number of nitrogens with zero attached hydrogens (tertiary/aromatic N) is 2. The maximum Gasteiger partial charge on any atom is 0.241 e. The van der Waals surface area contributed by atoms with Crippen LogP contribution in [0.3, 0.4) is 0 Å². The molecule has 1 atom stereocenters.